The van der Waals surface area contributed by atoms with Crippen molar-refractivity contribution in [1.29, 1.82) is 0 Å². The van der Waals surface area contributed by atoms with Gasteiger partial charge in [-0.3, -0.25) is 9.69 Å². The Bertz CT molecular complexity index is 913. The molecule has 1 amide bonds. The molecule has 0 radical (unpaired) electrons. The Morgan fingerprint density at radius 1 is 1.07 bits per heavy atom. The highest BCUT2D eigenvalue weighted by Gasteiger charge is 2.16. The summed E-state index contributed by atoms with van der Waals surface area (Å²) in [6.45, 7) is 0.464. The number of hydrogen-bond donors (Lipinski definition) is 0. The van der Waals surface area contributed by atoms with E-state index in [4.69, 9.17) is 9.47 Å². The van der Waals surface area contributed by atoms with Crippen LogP contribution in [0.5, 0.6) is 11.5 Å². The highest BCUT2D eigenvalue weighted by atomic mass is 79.9. The van der Waals surface area contributed by atoms with Gasteiger partial charge in [0.25, 0.3) is 0 Å². The molecule has 28 heavy (non-hydrogen) atoms. The predicted octanol–water partition coefficient (Wildman–Crippen LogP) is 4.80. The van der Waals surface area contributed by atoms with Gasteiger partial charge in [0.15, 0.2) is 0 Å². The third-order valence-electron chi connectivity index (χ3n) is 4.03. The van der Waals surface area contributed by atoms with E-state index in [0.29, 0.717) is 24.6 Å². The Hall–Kier alpha value is -2.45. The van der Waals surface area contributed by atoms with Crippen molar-refractivity contribution >= 4 is 38.3 Å². The summed E-state index contributed by atoms with van der Waals surface area (Å²) < 4.78 is 11.8. The number of aromatic nitrogens is 2. The molecule has 3 aromatic rings. The Kier molecular flexibility index (Phi) is 7.00. The molecule has 1 aromatic heterocycles. The smallest absolute Gasteiger partial charge is 0.228 e. The summed E-state index contributed by atoms with van der Waals surface area (Å²) >= 11 is 4.81. The Labute approximate surface area is 176 Å². The standard InChI is InChI=1S/C20H20BrN3O3S/c1-24(20-23-22-19(28-20)14-5-7-15(21)8-6-14)18(25)4-3-13-27-17-11-9-16(26-2)10-12-17/h5-12H,3-4,13H2,1-2H3. The Morgan fingerprint density at radius 3 is 2.43 bits per heavy atom. The number of hydrogen-bond acceptors (Lipinski definition) is 6. The van der Waals surface area contributed by atoms with E-state index in [9.17, 15) is 4.79 Å². The van der Waals surface area contributed by atoms with Gasteiger partial charge in [0, 0.05) is 23.5 Å². The van der Waals surface area contributed by atoms with Crippen molar-refractivity contribution in [2.75, 3.05) is 25.7 Å². The molecule has 0 spiro atoms. The molecule has 6 nitrogen and oxygen atoms in total. The number of carbonyl (C=O) groups is 1. The van der Waals surface area contributed by atoms with E-state index >= 15 is 0 Å². The van der Waals surface area contributed by atoms with E-state index in [2.05, 4.69) is 26.1 Å². The molecule has 0 atom stereocenters. The Morgan fingerprint density at radius 2 is 1.75 bits per heavy atom. The lowest BCUT2D eigenvalue weighted by Crippen LogP contribution is -2.26. The van der Waals surface area contributed by atoms with Gasteiger partial charge in [-0.1, -0.05) is 39.4 Å². The van der Waals surface area contributed by atoms with E-state index in [-0.39, 0.29) is 5.91 Å². The van der Waals surface area contributed by atoms with Crippen molar-refractivity contribution in [1.82, 2.24) is 10.2 Å². The molecular weight excluding hydrogens is 442 g/mol. The van der Waals surface area contributed by atoms with E-state index in [1.807, 2.05) is 48.5 Å². The van der Waals surface area contributed by atoms with Gasteiger partial charge in [0.2, 0.25) is 11.0 Å². The molecular formula is C20H20BrN3O3S. The van der Waals surface area contributed by atoms with Crippen LogP contribution in [0.25, 0.3) is 10.6 Å². The minimum Gasteiger partial charge on any atom is -0.497 e. The van der Waals surface area contributed by atoms with Gasteiger partial charge < -0.3 is 9.47 Å². The summed E-state index contributed by atoms with van der Waals surface area (Å²) in [6, 6.07) is 15.2. The fourth-order valence-corrected chi connectivity index (χ4v) is 3.51. The number of ether oxygens (including phenoxy) is 2. The summed E-state index contributed by atoms with van der Waals surface area (Å²) in [6.07, 6.45) is 0.993. The molecule has 0 fully saturated rings. The zero-order chi connectivity index (χ0) is 19.9. The van der Waals surface area contributed by atoms with Crippen molar-refractivity contribution < 1.29 is 14.3 Å². The van der Waals surface area contributed by atoms with E-state index < -0.39 is 0 Å². The fraction of sp³-hybridized carbons (Fsp3) is 0.250. The molecule has 0 saturated carbocycles. The molecule has 2 aromatic carbocycles. The summed E-state index contributed by atoms with van der Waals surface area (Å²) in [5, 5.41) is 9.71. The number of anilines is 1. The van der Waals surface area contributed by atoms with Crippen LogP contribution in [0, 0.1) is 0 Å². The number of benzene rings is 2. The first kappa shape index (κ1) is 20.3. The largest absolute Gasteiger partial charge is 0.497 e. The lowest BCUT2D eigenvalue weighted by molar-refractivity contribution is -0.118. The van der Waals surface area contributed by atoms with Crippen LogP contribution in [0.15, 0.2) is 53.0 Å². The average Bonchev–Trinajstić information content (AvgIpc) is 3.21. The number of nitrogens with zero attached hydrogens (tertiary/aromatic N) is 3. The van der Waals surface area contributed by atoms with Crippen LogP contribution in [0.4, 0.5) is 5.13 Å². The second kappa shape index (κ2) is 9.66. The van der Waals surface area contributed by atoms with E-state index in [1.165, 1.54) is 11.3 Å². The second-order valence-electron chi connectivity index (χ2n) is 5.98. The third-order valence-corrected chi connectivity index (χ3v) is 5.61. The van der Waals surface area contributed by atoms with Crippen molar-refractivity contribution in [3.05, 3.63) is 53.0 Å². The second-order valence-corrected chi connectivity index (χ2v) is 7.85. The number of methoxy groups -OCH3 is 1. The van der Waals surface area contributed by atoms with Crippen LogP contribution < -0.4 is 14.4 Å². The molecule has 0 unspecified atom stereocenters. The number of rotatable bonds is 8. The third kappa shape index (κ3) is 5.30. The van der Waals surface area contributed by atoms with Crippen LogP contribution in [-0.2, 0) is 4.79 Å². The van der Waals surface area contributed by atoms with Crippen molar-refractivity contribution in [2.24, 2.45) is 0 Å². The van der Waals surface area contributed by atoms with E-state index in [0.717, 1.165) is 26.5 Å². The van der Waals surface area contributed by atoms with Crippen LogP contribution in [0.3, 0.4) is 0 Å². The summed E-state index contributed by atoms with van der Waals surface area (Å²) in [5.41, 5.74) is 0.973. The molecule has 0 aliphatic carbocycles. The van der Waals surface area contributed by atoms with Crippen LogP contribution in [-0.4, -0.2) is 36.9 Å². The van der Waals surface area contributed by atoms with Gasteiger partial charge in [-0.15, -0.1) is 10.2 Å². The van der Waals surface area contributed by atoms with Crippen molar-refractivity contribution in [3.63, 3.8) is 0 Å². The van der Waals surface area contributed by atoms with E-state index in [1.54, 1.807) is 19.1 Å². The first-order chi connectivity index (χ1) is 13.6. The maximum Gasteiger partial charge on any atom is 0.228 e. The summed E-state index contributed by atoms with van der Waals surface area (Å²) in [7, 11) is 3.34. The van der Waals surface area contributed by atoms with Gasteiger partial charge in [-0.05, 0) is 42.8 Å². The zero-order valence-electron chi connectivity index (χ0n) is 15.6. The molecule has 1 heterocycles. The molecule has 146 valence electrons. The van der Waals surface area contributed by atoms with Crippen LogP contribution >= 0.6 is 27.3 Å². The highest BCUT2D eigenvalue weighted by molar-refractivity contribution is 9.10. The van der Waals surface area contributed by atoms with Gasteiger partial charge in [0.05, 0.1) is 13.7 Å². The normalized spacial score (nSPS) is 10.5. The minimum absolute atomic E-state index is 0.0168. The molecule has 0 aliphatic heterocycles. The maximum atomic E-state index is 12.4. The number of halogens is 1. The zero-order valence-corrected chi connectivity index (χ0v) is 18.0. The summed E-state index contributed by atoms with van der Waals surface area (Å²) in [5.74, 6) is 1.52. The first-order valence-corrected chi connectivity index (χ1v) is 10.3. The predicted molar refractivity (Wildman–Crippen MR) is 114 cm³/mol. The van der Waals surface area contributed by atoms with Gasteiger partial charge in [-0.25, -0.2) is 0 Å². The topological polar surface area (TPSA) is 64.6 Å². The molecule has 0 aliphatic rings. The van der Waals surface area contributed by atoms with Crippen molar-refractivity contribution in [2.45, 2.75) is 12.8 Å². The highest BCUT2D eigenvalue weighted by Crippen LogP contribution is 2.29. The maximum absolute atomic E-state index is 12.4. The van der Waals surface area contributed by atoms with Crippen LogP contribution in [0.2, 0.25) is 0 Å². The quantitative estimate of drug-likeness (QED) is 0.450. The molecule has 8 heteroatoms. The monoisotopic (exact) mass is 461 g/mol. The number of amides is 1. The molecule has 0 bridgehead atoms. The van der Waals surface area contributed by atoms with Gasteiger partial charge in [-0.2, -0.15) is 0 Å². The molecule has 0 N–H and O–H groups in total. The van der Waals surface area contributed by atoms with Gasteiger partial charge in [0.1, 0.15) is 16.5 Å². The lowest BCUT2D eigenvalue weighted by Gasteiger charge is -2.13. The molecule has 3 rings (SSSR count). The molecule has 0 saturated heterocycles. The lowest BCUT2D eigenvalue weighted by atomic mass is 10.2. The van der Waals surface area contributed by atoms with Crippen LogP contribution in [0.1, 0.15) is 12.8 Å². The Balaban J connectivity index is 1.48. The average molecular weight is 462 g/mol. The SMILES string of the molecule is COc1ccc(OCCCC(=O)N(C)c2nnc(-c3ccc(Br)cc3)s2)cc1. The minimum atomic E-state index is -0.0168. The van der Waals surface area contributed by atoms with Crippen molar-refractivity contribution in [3.8, 4) is 22.1 Å². The fourth-order valence-electron chi connectivity index (χ4n) is 2.42. The number of carbonyl (C=O) groups excluding carboxylic acids is 1. The van der Waals surface area contributed by atoms with Gasteiger partial charge >= 0.3 is 0 Å². The summed E-state index contributed by atoms with van der Waals surface area (Å²) in [4.78, 5) is 14.0. The first-order valence-electron chi connectivity index (χ1n) is 8.69.